The molecule has 2 N–H and O–H groups in total. The minimum atomic E-state index is -1.01. The highest BCUT2D eigenvalue weighted by molar-refractivity contribution is 6.31. The second kappa shape index (κ2) is 5.17. The topological polar surface area (TPSA) is 50.1 Å². The van der Waals surface area contributed by atoms with E-state index in [1.807, 2.05) is 20.8 Å². The Morgan fingerprint density at radius 3 is 2.75 bits per heavy atom. The van der Waals surface area contributed by atoms with Crippen LogP contribution in [-0.4, -0.2) is 28.0 Å². The molecule has 0 radical (unpaired) electrons. The van der Waals surface area contributed by atoms with Crippen LogP contribution in [-0.2, 0) is 5.60 Å². The van der Waals surface area contributed by atoms with E-state index in [1.165, 1.54) is 0 Å². The van der Waals surface area contributed by atoms with E-state index in [1.54, 1.807) is 17.8 Å². The molecule has 0 saturated carbocycles. The van der Waals surface area contributed by atoms with E-state index in [4.69, 9.17) is 11.6 Å². The van der Waals surface area contributed by atoms with Gasteiger partial charge in [-0.1, -0.05) is 18.5 Å². The lowest BCUT2D eigenvalue weighted by atomic mass is 10.0. The average Bonchev–Trinajstić information content (AvgIpc) is 2.58. The molecule has 4 nitrogen and oxygen atoms in total. The van der Waals surface area contributed by atoms with Gasteiger partial charge in [0, 0.05) is 12.6 Å². The van der Waals surface area contributed by atoms with E-state index >= 15 is 0 Å². The molecule has 0 aliphatic heterocycles. The van der Waals surface area contributed by atoms with Gasteiger partial charge in [0.25, 0.3) is 0 Å². The Balaban J connectivity index is 3.05. The van der Waals surface area contributed by atoms with Crippen LogP contribution in [0.3, 0.4) is 0 Å². The lowest BCUT2D eigenvalue weighted by Crippen LogP contribution is -2.37. The number of rotatable bonds is 5. The Morgan fingerprint density at radius 1 is 1.62 bits per heavy atom. The van der Waals surface area contributed by atoms with Crippen molar-refractivity contribution in [3.05, 3.63) is 16.9 Å². The molecular formula is C11H20ClN3O. The molecule has 0 amide bonds. The first kappa shape index (κ1) is 13.5. The maximum absolute atomic E-state index is 10.4. The van der Waals surface area contributed by atoms with Gasteiger partial charge in [-0.15, -0.1) is 0 Å². The van der Waals surface area contributed by atoms with Gasteiger partial charge in [0.15, 0.2) is 0 Å². The third-order valence-corrected chi connectivity index (χ3v) is 2.75. The van der Waals surface area contributed by atoms with Crippen molar-refractivity contribution < 1.29 is 5.11 Å². The molecule has 1 heterocycles. The fourth-order valence-corrected chi connectivity index (χ4v) is 2.02. The average molecular weight is 246 g/mol. The van der Waals surface area contributed by atoms with E-state index in [0.717, 1.165) is 6.54 Å². The Bertz CT molecular complexity index is 347. The molecule has 0 bridgehead atoms. The van der Waals surface area contributed by atoms with E-state index in [2.05, 4.69) is 10.4 Å². The molecule has 0 saturated heterocycles. The van der Waals surface area contributed by atoms with Crippen molar-refractivity contribution in [1.82, 2.24) is 15.1 Å². The Hall–Kier alpha value is -0.580. The van der Waals surface area contributed by atoms with E-state index in [9.17, 15) is 5.11 Å². The minimum absolute atomic E-state index is 0.176. The van der Waals surface area contributed by atoms with Crippen molar-refractivity contribution in [1.29, 1.82) is 0 Å². The van der Waals surface area contributed by atoms with Crippen molar-refractivity contribution in [2.24, 2.45) is 0 Å². The van der Waals surface area contributed by atoms with Gasteiger partial charge in [-0.25, -0.2) is 0 Å². The number of likely N-dealkylation sites (N-methyl/N-ethyl adjacent to an activating group) is 1. The number of nitrogens with zero attached hydrogens (tertiary/aromatic N) is 2. The Labute approximate surface area is 102 Å². The van der Waals surface area contributed by atoms with Gasteiger partial charge in [0.2, 0.25) is 0 Å². The van der Waals surface area contributed by atoms with Gasteiger partial charge in [-0.05, 0) is 27.3 Å². The molecule has 1 aromatic heterocycles. The molecule has 16 heavy (non-hydrogen) atoms. The summed E-state index contributed by atoms with van der Waals surface area (Å²) in [6.07, 6.45) is 1.58. The summed E-state index contributed by atoms with van der Waals surface area (Å²) in [4.78, 5) is 0. The first-order chi connectivity index (χ1) is 7.40. The maximum Gasteiger partial charge on any atom is 0.117 e. The second-order valence-corrected chi connectivity index (χ2v) is 4.84. The summed E-state index contributed by atoms with van der Waals surface area (Å²) in [7, 11) is 0. The van der Waals surface area contributed by atoms with Crippen LogP contribution in [0.25, 0.3) is 0 Å². The molecular weight excluding hydrogens is 226 g/mol. The highest BCUT2D eigenvalue weighted by Gasteiger charge is 2.30. The molecule has 0 spiro atoms. The van der Waals surface area contributed by atoms with Gasteiger partial charge in [-0.3, -0.25) is 4.68 Å². The normalized spacial score (nSPS) is 15.4. The number of halogens is 1. The number of hydrogen-bond acceptors (Lipinski definition) is 3. The summed E-state index contributed by atoms with van der Waals surface area (Å²) in [5, 5.41) is 18.2. The van der Waals surface area contributed by atoms with E-state index in [-0.39, 0.29) is 6.04 Å². The largest absolute Gasteiger partial charge is 0.382 e. The van der Waals surface area contributed by atoms with Gasteiger partial charge in [0.05, 0.1) is 16.9 Å². The number of aliphatic hydroxyl groups is 1. The SMILES string of the molecule is CCNCC(C)(O)c1c(Cl)cnn1C(C)C. The zero-order valence-corrected chi connectivity index (χ0v) is 11.0. The van der Waals surface area contributed by atoms with E-state index in [0.29, 0.717) is 17.3 Å². The molecule has 5 heteroatoms. The molecule has 0 aliphatic carbocycles. The zero-order valence-electron chi connectivity index (χ0n) is 10.3. The highest BCUT2D eigenvalue weighted by Crippen LogP contribution is 2.29. The van der Waals surface area contributed by atoms with Crippen molar-refractivity contribution in [3.63, 3.8) is 0 Å². The zero-order chi connectivity index (χ0) is 12.3. The molecule has 0 aromatic carbocycles. The number of nitrogens with one attached hydrogen (secondary N) is 1. The molecule has 1 aromatic rings. The first-order valence-electron chi connectivity index (χ1n) is 5.56. The Kier molecular flexibility index (Phi) is 4.35. The number of aromatic nitrogens is 2. The predicted molar refractivity (Wildman–Crippen MR) is 65.7 cm³/mol. The fourth-order valence-electron chi connectivity index (χ4n) is 1.69. The molecule has 92 valence electrons. The smallest absolute Gasteiger partial charge is 0.117 e. The van der Waals surface area contributed by atoms with Crippen LogP contribution in [0.2, 0.25) is 5.02 Å². The van der Waals surface area contributed by atoms with Crippen LogP contribution >= 0.6 is 11.6 Å². The van der Waals surface area contributed by atoms with Gasteiger partial charge in [0.1, 0.15) is 5.60 Å². The van der Waals surface area contributed by atoms with Crippen LogP contribution in [0, 0.1) is 0 Å². The summed E-state index contributed by atoms with van der Waals surface area (Å²) in [5.41, 5.74) is -0.335. The lowest BCUT2D eigenvalue weighted by molar-refractivity contribution is 0.0469. The second-order valence-electron chi connectivity index (χ2n) is 4.43. The molecule has 1 unspecified atom stereocenters. The number of hydrogen-bond donors (Lipinski definition) is 2. The first-order valence-corrected chi connectivity index (χ1v) is 5.94. The molecule has 0 aliphatic rings. The minimum Gasteiger partial charge on any atom is -0.382 e. The summed E-state index contributed by atoms with van der Waals surface area (Å²) < 4.78 is 1.76. The standard InChI is InChI=1S/C11H20ClN3O/c1-5-13-7-11(4,16)10-9(12)6-14-15(10)8(2)3/h6,8,13,16H,5,7H2,1-4H3. The third kappa shape index (κ3) is 2.75. The lowest BCUT2D eigenvalue weighted by Gasteiger charge is -2.26. The monoisotopic (exact) mass is 245 g/mol. The van der Waals surface area contributed by atoms with Gasteiger partial charge >= 0.3 is 0 Å². The van der Waals surface area contributed by atoms with Crippen molar-refractivity contribution in [2.75, 3.05) is 13.1 Å². The summed E-state index contributed by atoms with van der Waals surface area (Å²) in [6, 6.07) is 0.176. The molecule has 1 atom stereocenters. The van der Waals surface area contributed by atoms with Crippen LogP contribution in [0.15, 0.2) is 6.20 Å². The summed E-state index contributed by atoms with van der Waals surface area (Å²) in [6.45, 7) is 9.03. The molecule has 1 rings (SSSR count). The summed E-state index contributed by atoms with van der Waals surface area (Å²) >= 11 is 6.08. The van der Waals surface area contributed by atoms with Crippen molar-refractivity contribution >= 4 is 11.6 Å². The van der Waals surface area contributed by atoms with Crippen molar-refractivity contribution in [2.45, 2.75) is 39.3 Å². The Morgan fingerprint density at radius 2 is 2.25 bits per heavy atom. The van der Waals surface area contributed by atoms with Crippen LogP contribution < -0.4 is 5.32 Å². The van der Waals surface area contributed by atoms with Crippen LogP contribution in [0.4, 0.5) is 0 Å². The van der Waals surface area contributed by atoms with Crippen molar-refractivity contribution in [3.8, 4) is 0 Å². The maximum atomic E-state index is 10.4. The predicted octanol–water partition coefficient (Wildman–Crippen LogP) is 1.93. The highest BCUT2D eigenvalue weighted by atomic mass is 35.5. The quantitative estimate of drug-likeness (QED) is 0.834. The summed E-state index contributed by atoms with van der Waals surface area (Å²) in [5.74, 6) is 0. The van der Waals surface area contributed by atoms with Gasteiger partial charge < -0.3 is 10.4 Å². The van der Waals surface area contributed by atoms with Crippen LogP contribution in [0.5, 0.6) is 0 Å². The van der Waals surface area contributed by atoms with Gasteiger partial charge in [-0.2, -0.15) is 5.10 Å². The fraction of sp³-hybridized carbons (Fsp3) is 0.727. The van der Waals surface area contributed by atoms with E-state index < -0.39 is 5.60 Å². The molecule has 0 fully saturated rings. The third-order valence-electron chi connectivity index (χ3n) is 2.47. The van der Waals surface area contributed by atoms with Crippen LogP contribution in [0.1, 0.15) is 39.4 Å².